The molecule has 0 aromatic carbocycles. The van der Waals surface area contributed by atoms with Crippen LogP contribution in [0.25, 0.3) is 0 Å². The van der Waals surface area contributed by atoms with Gasteiger partial charge in [0.05, 0.1) is 0 Å². The van der Waals surface area contributed by atoms with Crippen LogP contribution in [-0.4, -0.2) is 23.2 Å². The molecule has 1 aliphatic carbocycles. The van der Waals surface area contributed by atoms with E-state index in [1.807, 2.05) is 3.28 Å². The number of allylic oxidation sites excluding steroid dienone is 3. The van der Waals surface area contributed by atoms with Crippen molar-refractivity contribution in [1.82, 2.24) is 0 Å². The molecule has 1 aliphatic heterocycles. The van der Waals surface area contributed by atoms with Gasteiger partial charge in [0.15, 0.2) is 0 Å². The SMILES string of the molecule is [C]1=[CH][BiH][C]2=C1CCCC2. The maximum atomic E-state index is 3.40. The second-order valence-electron chi connectivity index (χ2n) is 2.60. The van der Waals surface area contributed by atoms with Gasteiger partial charge in [-0.05, 0) is 0 Å². The number of hydrogen-bond donors (Lipinski definition) is 0. The summed E-state index contributed by atoms with van der Waals surface area (Å²) >= 11 is -0.351. The molecule has 0 fully saturated rings. The van der Waals surface area contributed by atoms with Crippen molar-refractivity contribution in [3.8, 4) is 0 Å². The van der Waals surface area contributed by atoms with Gasteiger partial charge in [-0.15, -0.1) is 0 Å². The minimum absolute atomic E-state index is 0.351. The summed E-state index contributed by atoms with van der Waals surface area (Å²) in [6, 6.07) is 0. The Balaban J connectivity index is 2.24. The molecule has 2 aliphatic rings. The third kappa shape index (κ3) is 1.12. The van der Waals surface area contributed by atoms with E-state index < -0.39 is 0 Å². The first kappa shape index (κ1) is 6.10. The standard InChI is InChI=1S/C8H9.Bi.H/c1-2-8-6-4-3-5-7-8;;/h1H,3-6H2;;. The van der Waals surface area contributed by atoms with Gasteiger partial charge in [0, 0.05) is 0 Å². The summed E-state index contributed by atoms with van der Waals surface area (Å²) in [7, 11) is 0. The van der Waals surface area contributed by atoms with Crippen LogP contribution in [0.3, 0.4) is 0 Å². The van der Waals surface area contributed by atoms with Crippen molar-refractivity contribution in [2.24, 2.45) is 0 Å². The monoisotopic (exact) mass is 315 g/mol. The van der Waals surface area contributed by atoms with E-state index in [1.54, 1.807) is 5.57 Å². The molecule has 1 radical (unpaired) electrons. The average molecular weight is 315 g/mol. The van der Waals surface area contributed by atoms with E-state index >= 15 is 0 Å². The van der Waals surface area contributed by atoms with Gasteiger partial charge >= 0.3 is 67.6 Å². The van der Waals surface area contributed by atoms with Gasteiger partial charge in [-0.1, -0.05) is 0 Å². The van der Waals surface area contributed by atoms with Gasteiger partial charge in [-0.25, -0.2) is 0 Å². The Morgan fingerprint density at radius 3 is 3.11 bits per heavy atom. The van der Waals surface area contributed by atoms with E-state index in [9.17, 15) is 0 Å². The fraction of sp³-hybridized carbons (Fsp3) is 0.500. The summed E-state index contributed by atoms with van der Waals surface area (Å²) in [5.74, 6) is 0. The Bertz CT molecular complexity index is 177. The quantitative estimate of drug-likeness (QED) is 0.596. The molecule has 1 heteroatoms. The first-order valence-corrected chi connectivity index (χ1v) is 7.72. The van der Waals surface area contributed by atoms with Crippen molar-refractivity contribution in [1.29, 1.82) is 0 Å². The Kier molecular flexibility index (Phi) is 1.72. The fourth-order valence-corrected chi connectivity index (χ4v) is 5.76. The summed E-state index contributed by atoms with van der Waals surface area (Å²) < 4.78 is 4.23. The van der Waals surface area contributed by atoms with Crippen molar-refractivity contribution in [3.63, 3.8) is 0 Å². The Morgan fingerprint density at radius 2 is 2.22 bits per heavy atom. The molecule has 0 aromatic heterocycles. The van der Waals surface area contributed by atoms with E-state index in [2.05, 4.69) is 9.86 Å². The third-order valence-electron chi connectivity index (χ3n) is 1.96. The molecule has 0 unspecified atom stereocenters. The topological polar surface area (TPSA) is 0 Å². The van der Waals surface area contributed by atoms with Gasteiger partial charge in [-0.2, -0.15) is 0 Å². The fourth-order valence-electron chi connectivity index (χ4n) is 1.43. The van der Waals surface area contributed by atoms with E-state index in [0.29, 0.717) is 0 Å². The van der Waals surface area contributed by atoms with Crippen LogP contribution in [0.1, 0.15) is 25.7 Å². The number of hydrogen-bond acceptors (Lipinski definition) is 0. The zero-order valence-corrected chi connectivity index (χ0v) is 9.29. The normalized spacial score (nSPS) is 24.9. The molecule has 47 valence electrons. The molecule has 0 nitrogen and oxygen atoms in total. The van der Waals surface area contributed by atoms with Gasteiger partial charge < -0.3 is 0 Å². The molecule has 0 amide bonds. The molecular formula is C8H10Bi. The van der Waals surface area contributed by atoms with Crippen molar-refractivity contribution in [2.75, 3.05) is 0 Å². The van der Waals surface area contributed by atoms with Crippen molar-refractivity contribution in [2.45, 2.75) is 25.7 Å². The van der Waals surface area contributed by atoms with Gasteiger partial charge in [0.2, 0.25) is 0 Å². The summed E-state index contributed by atoms with van der Waals surface area (Å²) in [6.07, 6.45) is 9.06. The van der Waals surface area contributed by atoms with Crippen LogP contribution < -0.4 is 0 Å². The molecule has 0 aromatic rings. The Morgan fingerprint density at radius 1 is 1.33 bits per heavy atom. The molecule has 0 N–H and O–H groups in total. The average Bonchev–Trinajstić information content (AvgIpc) is 2.33. The first-order valence-electron chi connectivity index (χ1n) is 3.53. The molecule has 0 atom stereocenters. The second kappa shape index (κ2) is 2.54. The van der Waals surface area contributed by atoms with Crippen LogP contribution in [0.4, 0.5) is 0 Å². The summed E-state index contributed by atoms with van der Waals surface area (Å²) in [5.41, 5.74) is 1.62. The van der Waals surface area contributed by atoms with Crippen LogP contribution in [0.5, 0.6) is 0 Å². The maximum absolute atomic E-state index is 3.40. The molecule has 0 saturated carbocycles. The van der Waals surface area contributed by atoms with Gasteiger partial charge in [0.1, 0.15) is 0 Å². The van der Waals surface area contributed by atoms with E-state index in [4.69, 9.17) is 0 Å². The summed E-state index contributed by atoms with van der Waals surface area (Å²) in [4.78, 5) is 0. The summed E-state index contributed by atoms with van der Waals surface area (Å²) in [5, 5.41) is 0. The zero-order valence-electron chi connectivity index (χ0n) is 5.41. The third-order valence-corrected chi connectivity index (χ3v) is 6.58. The van der Waals surface area contributed by atoms with Crippen LogP contribution in [0.15, 0.2) is 12.6 Å². The Labute approximate surface area is 67.6 Å². The van der Waals surface area contributed by atoms with Crippen molar-refractivity contribution in [3.05, 3.63) is 18.7 Å². The van der Waals surface area contributed by atoms with Gasteiger partial charge in [0.25, 0.3) is 0 Å². The molecule has 0 spiro atoms. The van der Waals surface area contributed by atoms with Crippen molar-refractivity contribution < 1.29 is 0 Å². The Hall–Kier alpha value is 0.363. The minimum atomic E-state index is -0.351. The predicted octanol–water partition coefficient (Wildman–Crippen LogP) is 1.58. The molecule has 0 saturated heterocycles. The van der Waals surface area contributed by atoms with E-state index in [-0.39, 0.29) is 23.2 Å². The molecule has 0 bridgehead atoms. The zero-order chi connectivity index (χ0) is 6.10. The number of rotatable bonds is 0. The van der Waals surface area contributed by atoms with E-state index in [0.717, 1.165) is 0 Å². The second-order valence-corrected chi connectivity index (χ2v) is 7.19. The first-order chi connectivity index (χ1) is 4.47. The molecule has 9 heavy (non-hydrogen) atoms. The van der Waals surface area contributed by atoms with Crippen LogP contribution in [-0.2, 0) is 0 Å². The molecule has 2 rings (SSSR count). The molecule has 1 heterocycles. The van der Waals surface area contributed by atoms with E-state index in [1.165, 1.54) is 25.7 Å². The van der Waals surface area contributed by atoms with Crippen molar-refractivity contribution >= 4 is 23.2 Å². The van der Waals surface area contributed by atoms with Crippen LogP contribution in [0, 0.1) is 6.08 Å². The van der Waals surface area contributed by atoms with Crippen LogP contribution in [0.2, 0.25) is 0 Å². The van der Waals surface area contributed by atoms with Gasteiger partial charge in [-0.3, -0.25) is 0 Å². The summed E-state index contributed by atoms with van der Waals surface area (Å²) in [6.45, 7) is 0. The van der Waals surface area contributed by atoms with Crippen LogP contribution >= 0.6 is 0 Å². The predicted molar refractivity (Wildman–Crippen MR) is 40.5 cm³/mol. The molecular weight excluding hydrogens is 305 g/mol.